The van der Waals surface area contributed by atoms with Gasteiger partial charge in [0.15, 0.2) is 0 Å². The molecule has 0 saturated heterocycles. The number of benzene rings is 3. The van der Waals surface area contributed by atoms with Gasteiger partial charge in [-0.1, -0.05) is 36.4 Å². The molecule has 24 heavy (non-hydrogen) atoms. The first-order valence-corrected chi connectivity index (χ1v) is 8.27. The van der Waals surface area contributed by atoms with Gasteiger partial charge in [0.2, 0.25) is 0 Å². The molecule has 0 saturated carbocycles. The smallest absolute Gasteiger partial charge is 0.0520 e. The number of nitrogens with zero attached hydrogens (tertiary/aromatic N) is 1. The van der Waals surface area contributed by atoms with Crippen LogP contribution in [0.4, 0.5) is 22.7 Å². The number of para-hydroxylation sites is 2. The summed E-state index contributed by atoms with van der Waals surface area (Å²) in [4.78, 5) is 2.36. The largest absolute Gasteiger partial charge is 0.399 e. The molecule has 0 aliphatic carbocycles. The minimum Gasteiger partial charge on any atom is -0.399 e. The zero-order valence-corrected chi connectivity index (χ0v) is 14.8. The minimum atomic E-state index is 0.779. The van der Waals surface area contributed by atoms with Crippen LogP contribution >= 0.6 is 0 Å². The van der Waals surface area contributed by atoms with Gasteiger partial charge >= 0.3 is 0 Å². The van der Waals surface area contributed by atoms with E-state index in [0.29, 0.717) is 0 Å². The Bertz CT molecular complexity index is 772. The summed E-state index contributed by atoms with van der Waals surface area (Å²) in [6.07, 6.45) is 0. The SMILES string of the molecule is Cc1cccc(C)c1N(c1ccc(N)cc1)c1c(C)cccc1C. The van der Waals surface area contributed by atoms with E-state index in [-0.39, 0.29) is 0 Å². The Hall–Kier alpha value is -2.74. The van der Waals surface area contributed by atoms with Crippen molar-refractivity contribution >= 4 is 22.7 Å². The van der Waals surface area contributed by atoms with Crippen molar-refractivity contribution in [3.8, 4) is 0 Å². The van der Waals surface area contributed by atoms with Crippen molar-refractivity contribution < 1.29 is 0 Å². The van der Waals surface area contributed by atoms with Crippen LogP contribution < -0.4 is 10.6 Å². The molecule has 3 aromatic rings. The average molecular weight is 316 g/mol. The second kappa shape index (κ2) is 6.40. The van der Waals surface area contributed by atoms with Gasteiger partial charge in [0.1, 0.15) is 0 Å². The average Bonchev–Trinajstić information content (AvgIpc) is 2.54. The standard InChI is InChI=1S/C22H24N2/c1-15-7-5-8-16(2)21(15)24(20-13-11-19(23)12-14-20)22-17(3)9-6-10-18(22)4/h5-14H,23H2,1-4H3. The van der Waals surface area contributed by atoms with E-state index in [0.717, 1.165) is 11.4 Å². The number of rotatable bonds is 3. The second-order valence-corrected chi connectivity index (χ2v) is 6.41. The fourth-order valence-corrected chi connectivity index (χ4v) is 3.31. The van der Waals surface area contributed by atoms with Crippen molar-refractivity contribution in [1.82, 2.24) is 0 Å². The number of nitrogens with two attached hydrogens (primary N) is 1. The Balaban J connectivity index is 2.32. The fraction of sp³-hybridized carbons (Fsp3) is 0.182. The third-order valence-corrected chi connectivity index (χ3v) is 4.48. The van der Waals surface area contributed by atoms with Crippen LogP contribution in [0.25, 0.3) is 0 Å². The number of anilines is 4. The van der Waals surface area contributed by atoms with Crippen molar-refractivity contribution in [2.45, 2.75) is 27.7 Å². The number of hydrogen-bond acceptors (Lipinski definition) is 2. The van der Waals surface area contributed by atoms with Gasteiger partial charge in [0.05, 0.1) is 11.4 Å². The van der Waals surface area contributed by atoms with Gasteiger partial charge in [-0.15, -0.1) is 0 Å². The van der Waals surface area contributed by atoms with E-state index in [1.807, 2.05) is 12.1 Å². The molecule has 0 heterocycles. The molecule has 0 atom stereocenters. The zero-order valence-electron chi connectivity index (χ0n) is 14.8. The topological polar surface area (TPSA) is 29.3 Å². The van der Waals surface area contributed by atoms with E-state index in [1.54, 1.807) is 0 Å². The van der Waals surface area contributed by atoms with Crippen molar-refractivity contribution in [2.24, 2.45) is 0 Å². The molecule has 2 N–H and O–H groups in total. The highest BCUT2D eigenvalue weighted by Crippen LogP contribution is 2.41. The summed E-state index contributed by atoms with van der Waals surface area (Å²) >= 11 is 0. The van der Waals surface area contributed by atoms with E-state index in [4.69, 9.17) is 5.73 Å². The van der Waals surface area contributed by atoms with E-state index in [1.165, 1.54) is 33.6 Å². The molecule has 0 radical (unpaired) electrons. The van der Waals surface area contributed by atoms with Gasteiger partial charge in [0.25, 0.3) is 0 Å². The maximum absolute atomic E-state index is 5.91. The highest BCUT2D eigenvalue weighted by Gasteiger charge is 2.19. The molecular weight excluding hydrogens is 292 g/mol. The van der Waals surface area contributed by atoms with Crippen molar-refractivity contribution in [3.63, 3.8) is 0 Å². The van der Waals surface area contributed by atoms with Gasteiger partial charge in [-0.3, -0.25) is 0 Å². The molecule has 0 aliphatic rings. The minimum absolute atomic E-state index is 0.779. The van der Waals surface area contributed by atoms with Gasteiger partial charge < -0.3 is 10.6 Å². The fourth-order valence-electron chi connectivity index (χ4n) is 3.31. The summed E-state index contributed by atoms with van der Waals surface area (Å²) in [5.74, 6) is 0. The number of aryl methyl sites for hydroxylation is 4. The third kappa shape index (κ3) is 2.88. The maximum atomic E-state index is 5.91. The molecule has 0 fully saturated rings. The van der Waals surface area contributed by atoms with Crippen LogP contribution in [0.3, 0.4) is 0 Å². The van der Waals surface area contributed by atoms with Crippen molar-refractivity contribution in [3.05, 3.63) is 82.9 Å². The normalized spacial score (nSPS) is 10.7. The Morgan fingerprint density at radius 1 is 0.583 bits per heavy atom. The molecule has 2 heteroatoms. The second-order valence-electron chi connectivity index (χ2n) is 6.41. The Morgan fingerprint density at radius 2 is 0.958 bits per heavy atom. The van der Waals surface area contributed by atoms with E-state index in [9.17, 15) is 0 Å². The summed E-state index contributed by atoms with van der Waals surface area (Å²) in [5.41, 5.74) is 15.3. The lowest BCUT2D eigenvalue weighted by Gasteiger charge is -2.31. The van der Waals surface area contributed by atoms with E-state index >= 15 is 0 Å². The first-order chi connectivity index (χ1) is 11.5. The number of nitrogen functional groups attached to an aromatic ring is 1. The van der Waals surface area contributed by atoms with Crippen LogP contribution in [-0.4, -0.2) is 0 Å². The molecule has 3 aromatic carbocycles. The Labute approximate surface area is 144 Å². The molecule has 122 valence electrons. The molecule has 0 aliphatic heterocycles. The molecule has 0 aromatic heterocycles. The van der Waals surface area contributed by atoms with Gasteiger partial charge in [-0.2, -0.15) is 0 Å². The summed E-state index contributed by atoms with van der Waals surface area (Å²) in [6.45, 7) is 8.67. The first-order valence-electron chi connectivity index (χ1n) is 8.27. The summed E-state index contributed by atoms with van der Waals surface area (Å²) in [5, 5.41) is 0. The van der Waals surface area contributed by atoms with E-state index in [2.05, 4.69) is 81.1 Å². The lowest BCUT2D eigenvalue weighted by molar-refractivity contribution is 1.18. The molecule has 2 nitrogen and oxygen atoms in total. The summed E-state index contributed by atoms with van der Waals surface area (Å²) in [6, 6.07) is 21.0. The van der Waals surface area contributed by atoms with Crippen LogP contribution in [0, 0.1) is 27.7 Å². The predicted octanol–water partition coefficient (Wildman–Crippen LogP) is 5.97. The van der Waals surface area contributed by atoms with Crippen LogP contribution in [0.1, 0.15) is 22.3 Å². The highest BCUT2D eigenvalue weighted by atomic mass is 15.2. The molecule has 0 unspecified atom stereocenters. The number of hydrogen-bond donors (Lipinski definition) is 1. The summed E-state index contributed by atoms with van der Waals surface area (Å²) in [7, 11) is 0. The predicted molar refractivity (Wildman–Crippen MR) is 104 cm³/mol. The first kappa shape index (κ1) is 16.1. The molecule has 0 amide bonds. The van der Waals surface area contributed by atoms with Crippen molar-refractivity contribution in [1.29, 1.82) is 0 Å². The van der Waals surface area contributed by atoms with Crippen LogP contribution in [0.2, 0.25) is 0 Å². The van der Waals surface area contributed by atoms with Crippen molar-refractivity contribution in [2.75, 3.05) is 10.6 Å². The Morgan fingerprint density at radius 3 is 1.33 bits per heavy atom. The molecule has 0 bridgehead atoms. The van der Waals surface area contributed by atoms with Gasteiger partial charge in [0, 0.05) is 11.4 Å². The van der Waals surface area contributed by atoms with Crippen LogP contribution in [0.15, 0.2) is 60.7 Å². The summed E-state index contributed by atoms with van der Waals surface area (Å²) < 4.78 is 0. The quantitative estimate of drug-likeness (QED) is 0.603. The van der Waals surface area contributed by atoms with Crippen LogP contribution in [-0.2, 0) is 0 Å². The van der Waals surface area contributed by atoms with E-state index < -0.39 is 0 Å². The van der Waals surface area contributed by atoms with Gasteiger partial charge in [-0.25, -0.2) is 0 Å². The molecule has 3 rings (SSSR count). The van der Waals surface area contributed by atoms with Gasteiger partial charge in [-0.05, 0) is 74.2 Å². The Kier molecular flexibility index (Phi) is 4.30. The van der Waals surface area contributed by atoms with Crippen LogP contribution in [0.5, 0.6) is 0 Å². The maximum Gasteiger partial charge on any atom is 0.0520 e. The third-order valence-electron chi connectivity index (χ3n) is 4.48. The zero-order chi connectivity index (χ0) is 17.3. The highest BCUT2D eigenvalue weighted by molar-refractivity contribution is 5.83. The molecular formula is C22H24N2. The lowest BCUT2D eigenvalue weighted by Crippen LogP contribution is -2.15. The molecule has 0 spiro atoms. The lowest BCUT2D eigenvalue weighted by atomic mass is 10.0. The monoisotopic (exact) mass is 316 g/mol.